The van der Waals surface area contributed by atoms with E-state index in [1.807, 2.05) is 0 Å². The lowest BCUT2D eigenvalue weighted by Gasteiger charge is -2.01. The molecule has 0 unspecified atom stereocenters. The van der Waals surface area contributed by atoms with Crippen LogP contribution in [0.5, 0.6) is 0 Å². The minimum atomic E-state index is -0.958. The summed E-state index contributed by atoms with van der Waals surface area (Å²) in [6.07, 6.45) is 1.32. The number of halogens is 2. The van der Waals surface area contributed by atoms with Crippen LogP contribution in [0.1, 0.15) is 15.4 Å². The van der Waals surface area contributed by atoms with Crippen LogP contribution >= 0.6 is 11.3 Å². The minimum absolute atomic E-state index is 0.303. The van der Waals surface area contributed by atoms with E-state index in [1.54, 1.807) is 14.0 Å². The average Bonchev–Trinajstić information content (AvgIpc) is 3.08. The number of benzene rings is 1. The fourth-order valence-electron chi connectivity index (χ4n) is 1.93. The van der Waals surface area contributed by atoms with Crippen molar-refractivity contribution in [2.75, 3.05) is 5.32 Å². The lowest BCUT2D eigenvalue weighted by molar-refractivity contribution is 0.102. The summed E-state index contributed by atoms with van der Waals surface area (Å²) in [5.41, 5.74) is 0.907. The molecule has 9 heteroatoms. The number of carbonyl (C=O) groups is 1. The van der Waals surface area contributed by atoms with Crippen molar-refractivity contribution in [1.29, 1.82) is 0 Å². The monoisotopic (exact) mass is 335 g/mol. The van der Waals surface area contributed by atoms with Crippen molar-refractivity contribution in [3.63, 3.8) is 0 Å². The molecule has 0 saturated carbocycles. The van der Waals surface area contributed by atoms with Crippen LogP contribution < -0.4 is 5.32 Å². The molecule has 0 saturated heterocycles. The Balaban J connectivity index is 1.90. The van der Waals surface area contributed by atoms with Crippen LogP contribution in [-0.4, -0.2) is 25.7 Å². The van der Waals surface area contributed by atoms with Crippen molar-refractivity contribution in [3.05, 3.63) is 46.7 Å². The molecule has 2 aromatic heterocycles. The van der Waals surface area contributed by atoms with Gasteiger partial charge in [-0.05, 0) is 25.1 Å². The van der Waals surface area contributed by atoms with Gasteiger partial charge < -0.3 is 0 Å². The third kappa shape index (κ3) is 2.95. The molecule has 1 amide bonds. The SMILES string of the molecule is Cc1nc(-c2ccc(F)c(F)c2)sc1C(=O)Nc1ncnn1C. The zero-order chi connectivity index (χ0) is 16.6. The third-order valence-electron chi connectivity index (χ3n) is 3.11. The molecule has 0 aliphatic carbocycles. The number of hydrogen-bond donors (Lipinski definition) is 1. The lowest BCUT2D eigenvalue weighted by Crippen LogP contribution is -2.15. The predicted octanol–water partition coefficient (Wildman–Crippen LogP) is 2.78. The summed E-state index contributed by atoms with van der Waals surface area (Å²) in [6.45, 7) is 1.67. The summed E-state index contributed by atoms with van der Waals surface area (Å²) in [4.78, 5) is 20.8. The minimum Gasteiger partial charge on any atom is -0.290 e. The largest absolute Gasteiger partial charge is 0.290 e. The molecule has 0 spiro atoms. The number of hydrogen-bond acceptors (Lipinski definition) is 5. The van der Waals surface area contributed by atoms with E-state index in [0.717, 1.165) is 23.5 Å². The molecule has 0 bridgehead atoms. The zero-order valence-electron chi connectivity index (χ0n) is 12.2. The zero-order valence-corrected chi connectivity index (χ0v) is 13.0. The summed E-state index contributed by atoms with van der Waals surface area (Å²) in [5.74, 6) is -1.97. The highest BCUT2D eigenvalue weighted by Crippen LogP contribution is 2.29. The van der Waals surface area contributed by atoms with Crippen LogP contribution in [-0.2, 0) is 7.05 Å². The maximum absolute atomic E-state index is 13.3. The van der Waals surface area contributed by atoms with E-state index in [-0.39, 0.29) is 5.91 Å². The van der Waals surface area contributed by atoms with Gasteiger partial charge in [0, 0.05) is 12.6 Å². The second kappa shape index (κ2) is 5.84. The summed E-state index contributed by atoms with van der Waals surface area (Å²) in [7, 11) is 1.65. The first-order valence-electron chi connectivity index (χ1n) is 6.54. The lowest BCUT2D eigenvalue weighted by atomic mass is 10.2. The first-order chi connectivity index (χ1) is 11.0. The molecule has 2 heterocycles. The Morgan fingerprint density at radius 2 is 2.09 bits per heavy atom. The summed E-state index contributed by atoms with van der Waals surface area (Å²) in [5, 5.41) is 6.91. The summed E-state index contributed by atoms with van der Waals surface area (Å²) < 4.78 is 27.8. The molecule has 0 fully saturated rings. The van der Waals surface area contributed by atoms with E-state index < -0.39 is 11.6 Å². The van der Waals surface area contributed by atoms with Gasteiger partial charge in [-0.15, -0.1) is 11.3 Å². The van der Waals surface area contributed by atoms with E-state index in [4.69, 9.17) is 0 Å². The van der Waals surface area contributed by atoms with Crippen molar-refractivity contribution in [1.82, 2.24) is 19.7 Å². The van der Waals surface area contributed by atoms with Crippen molar-refractivity contribution in [3.8, 4) is 10.6 Å². The Bertz CT molecular complexity index is 889. The molecule has 23 heavy (non-hydrogen) atoms. The standard InChI is InChI=1S/C14H11F2N5OS/c1-7-11(12(22)20-14-17-6-18-21(14)2)23-13(19-7)8-3-4-9(15)10(16)5-8/h3-6H,1-2H3,(H,17,18,20,22). The first kappa shape index (κ1) is 15.2. The van der Waals surface area contributed by atoms with Gasteiger partial charge in [-0.2, -0.15) is 10.1 Å². The van der Waals surface area contributed by atoms with Crippen LogP contribution in [0.4, 0.5) is 14.7 Å². The van der Waals surface area contributed by atoms with E-state index in [2.05, 4.69) is 20.4 Å². The van der Waals surface area contributed by atoms with Gasteiger partial charge in [0.2, 0.25) is 5.95 Å². The molecule has 0 radical (unpaired) electrons. The number of aryl methyl sites for hydroxylation is 2. The van der Waals surface area contributed by atoms with Gasteiger partial charge in [0.15, 0.2) is 11.6 Å². The molecular weight excluding hydrogens is 324 g/mol. The first-order valence-corrected chi connectivity index (χ1v) is 7.35. The molecular formula is C14H11F2N5OS. The second-order valence-electron chi connectivity index (χ2n) is 4.72. The van der Waals surface area contributed by atoms with Gasteiger partial charge in [-0.1, -0.05) is 0 Å². The molecule has 3 aromatic rings. The number of amides is 1. The Morgan fingerprint density at radius 3 is 2.74 bits per heavy atom. The molecule has 1 N–H and O–H groups in total. The Hall–Kier alpha value is -2.68. The third-order valence-corrected chi connectivity index (χ3v) is 4.31. The number of carbonyl (C=O) groups excluding carboxylic acids is 1. The van der Waals surface area contributed by atoms with Crippen LogP contribution in [0.15, 0.2) is 24.5 Å². The van der Waals surface area contributed by atoms with Gasteiger partial charge in [0.1, 0.15) is 16.2 Å². The molecule has 0 atom stereocenters. The molecule has 0 aliphatic heterocycles. The number of anilines is 1. The highest BCUT2D eigenvalue weighted by atomic mass is 32.1. The number of aromatic nitrogens is 4. The predicted molar refractivity (Wildman–Crippen MR) is 81.2 cm³/mol. The highest BCUT2D eigenvalue weighted by Gasteiger charge is 2.18. The van der Waals surface area contributed by atoms with E-state index in [0.29, 0.717) is 27.1 Å². The van der Waals surface area contributed by atoms with Crippen molar-refractivity contribution in [2.24, 2.45) is 7.05 Å². The Kier molecular flexibility index (Phi) is 3.87. The van der Waals surface area contributed by atoms with Crippen molar-refractivity contribution in [2.45, 2.75) is 6.92 Å². The molecule has 6 nitrogen and oxygen atoms in total. The second-order valence-corrected chi connectivity index (χ2v) is 5.72. The van der Waals surface area contributed by atoms with Gasteiger partial charge >= 0.3 is 0 Å². The fourth-order valence-corrected chi connectivity index (χ4v) is 2.89. The number of nitrogens with zero attached hydrogens (tertiary/aromatic N) is 4. The maximum Gasteiger partial charge on any atom is 0.270 e. The maximum atomic E-state index is 13.3. The fraction of sp³-hybridized carbons (Fsp3) is 0.143. The van der Waals surface area contributed by atoms with Crippen molar-refractivity contribution >= 4 is 23.2 Å². The molecule has 118 valence electrons. The normalized spacial score (nSPS) is 10.8. The Morgan fingerprint density at radius 1 is 1.30 bits per heavy atom. The van der Waals surface area contributed by atoms with Gasteiger partial charge in [-0.25, -0.2) is 18.4 Å². The van der Waals surface area contributed by atoms with Crippen molar-refractivity contribution < 1.29 is 13.6 Å². The number of rotatable bonds is 3. The average molecular weight is 335 g/mol. The smallest absolute Gasteiger partial charge is 0.270 e. The van der Waals surface area contributed by atoms with Gasteiger partial charge in [0.25, 0.3) is 5.91 Å². The van der Waals surface area contributed by atoms with Crippen LogP contribution in [0.25, 0.3) is 10.6 Å². The van der Waals surface area contributed by atoms with Gasteiger partial charge in [-0.3, -0.25) is 10.1 Å². The van der Waals surface area contributed by atoms with Crippen LogP contribution in [0.2, 0.25) is 0 Å². The summed E-state index contributed by atoms with van der Waals surface area (Å²) >= 11 is 1.09. The molecule has 0 aliphatic rings. The molecule has 3 rings (SSSR count). The van der Waals surface area contributed by atoms with Crippen LogP contribution in [0, 0.1) is 18.6 Å². The van der Waals surface area contributed by atoms with Crippen LogP contribution in [0.3, 0.4) is 0 Å². The van der Waals surface area contributed by atoms with E-state index in [1.165, 1.54) is 17.1 Å². The molecule has 1 aromatic carbocycles. The Labute approximate surface area is 133 Å². The number of thiazole rings is 1. The van der Waals surface area contributed by atoms with E-state index in [9.17, 15) is 13.6 Å². The quantitative estimate of drug-likeness (QED) is 0.799. The van der Waals surface area contributed by atoms with Gasteiger partial charge in [0.05, 0.1) is 5.69 Å². The highest BCUT2D eigenvalue weighted by molar-refractivity contribution is 7.17. The summed E-state index contributed by atoms with van der Waals surface area (Å²) in [6, 6.07) is 3.50. The van der Waals surface area contributed by atoms with E-state index >= 15 is 0 Å². The topological polar surface area (TPSA) is 72.7 Å². The number of nitrogens with one attached hydrogen (secondary N) is 1.